The van der Waals surface area contributed by atoms with Crippen LogP contribution in [0.2, 0.25) is 5.02 Å². The minimum Gasteiger partial charge on any atom is -0.360 e. The Hall–Kier alpha value is -1.24. The number of nitrogens with zero attached hydrogens (tertiary/aromatic N) is 2. The number of hydrogen-bond donors (Lipinski definition) is 2. The first-order valence-corrected chi connectivity index (χ1v) is 4.87. The van der Waals surface area contributed by atoms with Crippen molar-refractivity contribution in [3.63, 3.8) is 0 Å². The van der Waals surface area contributed by atoms with E-state index in [-0.39, 0.29) is 16.8 Å². The zero-order chi connectivity index (χ0) is 12.2. The van der Waals surface area contributed by atoms with E-state index in [1.165, 1.54) is 6.20 Å². The van der Waals surface area contributed by atoms with Gasteiger partial charge in [0.05, 0.1) is 6.20 Å². The third-order valence-electron chi connectivity index (χ3n) is 1.54. The predicted octanol–water partition coefficient (Wildman–Crippen LogP) is 2.54. The molecule has 0 bridgehead atoms. The highest BCUT2D eigenvalue weighted by molar-refractivity contribution is 6.32. The third-order valence-corrected chi connectivity index (χ3v) is 1.81. The Balaban J connectivity index is 2.74. The van der Waals surface area contributed by atoms with Crippen molar-refractivity contribution in [3.8, 4) is 0 Å². The number of rotatable bonds is 4. The first-order valence-electron chi connectivity index (χ1n) is 4.49. The van der Waals surface area contributed by atoms with Gasteiger partial charge in [-0.05, 0) is 6.92 Å². The summed E-state index contributed by atoms with van der Waals surface area (Å²) in [6.07, 6.45) is -3.07. The maximum Gasteiger partial charge on any atom is 0.405 e. The van der Waals surface area contributed by atoms with E-state index in [1.54, 1.807) is 0 Å². The number of hydrogen-bond acceptors (Lipinski definition) is 4. The summed E-state index contributed by atoms with van der Waals surface area (Å²) in [5.41, 5.74) is 0. The van der Waals surface area contributed by atoms with E-state index < -0.39 is 12.7 Å². The summed E-state index contributed by atoms with van der Waals surface area (Å²) in [6.45, 7) is 1.20. The summed E-state index contributed by atoms with van der Waals surface area (Å²) >= 11 is 5.64. The molecule has 0 aliphatic heterocycles. The quantitative estimate of drug-likeness (QED) is 0.867. The second-order valence-electron chi connectivity index (χ2n) is 2.89. The molecule has 4 nitrogen and oxygen atoms in total. The minimum absolute atomic E-state index is 0.0371. The van der Waals surface area contributed by atoms with Crippen LogP contribution in [0.4, 0.5) is 24.9 Å². The van der Waals surface area contributed by atoms with Gasteiger partial charge in [-0.2, -0.15) is 18.2 Å². The number of halogens is 4. The average molecular weight is 255 g/mol. The van der Waals surface area contributed by atoms with Crippen molar-refractivity contribution < 1.29 is 13.2 Å². The number of aromatic nitrogens is 2. The maximum atomic E-state index is 12.0. The molecule has 8 heteroatoms. The van der Waals surface area contributed by atoms with Crippen molar-refractivity contribution in [2.75, 3.05) is 23.7 Å². The van der Waals surface area contributed by atoms with Gasteiger partial charge >= 0.3 is 6.18 Å². The Kier molecular flexibility index (Phi) is 4.17. The molecule has 0 unspecified atom stereocenters. The molecule has 1 aromatic heterocycles. The molecule has 1 rings (SSSR count). The molecule has 0 spiro atoms. The van der Waals surface area contributed by atoms with E-state index in [0.717, 1.165) is 0 Å². The molecule has 16 heavy (non-hydrogen) atoms. The fourth-order valence-electron chi connectivity index (χ4n) is 0.918. The Bertz CT molecular complexity index is 356. The Morgan fingerprint density at radius 2 is 2.06 bits per heavy atom. The highest BCUT2D eigenvalue weighted by Gasteiger charge is 2.27. The van der Waals surface area contributed by atoms with Crippen molar-refractivity contribution in [2.45, 2.75) is 13.1 Å². The normalized spacial score (nSPS) is 11.3. The molecule has 0 saturated carbocycles. The van der Waals surface area contributed by atoms with Crippen LogP contribution in [0.25, 0.3) is 0 Å². The molecule has 0 radical (unpaired) electrons. The molecule has 90 valence electrons. The molecule has 1 aromatic rings. The molecule has 1 heterocycles. The van der Waals surface area contributed by atoms with E-state index in [0.29, 0.717) is 6.54 Å². The van der Waals surface area contributed by atoms with Crippen molar-refractivity contribution in [1.29, 1.82) is 0 Å². The molecule has 0 saturated heterocycles. The van der Waals surface area contributed by atoms with Gasteiger partial charge in [0.1, 0.15) is 11.6 Å². The monoisotopic (exact) mass is 254 g/mol. The standard InChI is InChI=1S/C8H10ClF3N4/c1-2-13-7-14-3-5(9)6(16-7)15-4-8(10,11)12/h3H,2,4H2,1H3,(H2,13,14,15,16). The summed E-state index contributed by atoms with van der Waals surface area (Å²) in [5, 5.41) is 4.92. The van der Waals surface area contributed by atoms with Crippen LogP contribution in [0.1, 0.15) is 6.92 Å². The third kappa shape index (κ3) is 4.09. The number of nitrogens with one attached hydrogen (secondary N) is 2. The summed E-state index contributed by atoms with van der Waals surface area (Å²) in [6, 6.07) is 0. The lowest BCUT2D eigenvalue weighted by molar-refractivity contribution is -0.115. The molecule has 0 amide bonds. The second kappa shape index (κ2) is 5.20. The van der Waals surface area contributed by atoms with Crippen molar-refractivity contribution >= 4 is 23.4 Å². The lowest BCUT2D eigenvalue weighted by atomic mass is 10.5. The first-order chi connectivity index (χ1) is 7.42. The zero-order valence-corrected chi connectivity index (χ0v) is 9.15. The molecule has 2 N–H and O–H groups in total. The van der Waals surface area contributed by atoms with Gasteiger partial charge in [0.15, 0.2) is 5.82 Å². The van der Waals surface area contributed by atoms with E-state index >= 15 is 0 Å². The number of alkyl halides is 3. The Morgan fingerprint density at radius 1 is 1.38 bits per heavy atom. The zero-order valence-electron chi connectivity index (χ0n) is 8.40. The van der Waals surface area contributed by atoms with Crippen molar-refractivity contribution in [2.24, 2.45) is 0 Å². The van der Waals surface area contributed by atoms with Gasteiger partial charge in [-0.15, -0.1) is 0 Å². The second-order valence-corrected chi connectivity index (χ2v) is 3.30. The van der Waals surface area contributed by atoms with Crippen LogP contribution in [-0.4, -0.2) is 29.2 Å². The molecule has 0 aliphatic rings. The van der Waals surface area contributed by atoms with E-state index in [1.807, 2.05) is 6.92 Å². The first kappa shape index (κ1) is 12.8. The molecule has 0 atom stereocenters. The highest BCUT2D eigenvalue weighted by Crippen LogP contribution is 2.22. The van der Waals surface area contributed by atoms with Gasteiger partial charge in [0.25, 0.3) is 0 Å². The van der Waals surface area contributed by atoms with Gasteiger partial charge in [0, 0.05) is 6.54 Å². The van der Waals surface area contributed by atoms with Crippen LogP contribution in [-0.2, 0) is 0 Å². The molecule has 0 fully saturated rings. The lowest BCUT2D eigenvalue weighted by Crippen LogP contribution is -2.22. The Labute approximate surface area is 95.2 Å². The van der Waals surface area contributed by atoms with Crippen LogP contribution in [0.15, 0.2) is 6.20 Å². The fraction of sp³-hybridized carbons (Fsp3) is 0.500. The van der Waals surface area contributed by atoms with Gasteiger partial charge in [-0.25, -0.2) is 4.98 Å². The predicted molar refractivity (Wildman–Crippen MR) is 55.8 cm³/mol. The van der Waals surface area contributed by atoms with E-state index in [4.69, 9.17) is 11.6 Å². The SMILES string of the molecule is CCNc1ncc(Cl)c(NCC(F)(F)F)n1. The van der Waals surface area contributed by atoms with Crippen LogP contribution in [0.3, 0.4) is 0 Å². The van der Waals surface area contributed by atoms with Gasteiger partial charge < -0.3 is 10.6 Å². The van der Waals surface area contributed by atoms with Gasteiger partial charge in [-0.1, -0.05) is 11.6 Å². The van der Waals surface area contributed by atoms with E-state index in [9.17, 15) is 13.2 Å². The maximum absolute atomic E-state index is 12.0. The largest absolute Gasteiger partial charge is 0.405 e. The van der Waals surface area contributed by atoms with Crippen LogP contribution < -0.4 is 10.6 Å². The molecular weight excluding hydrogens is 245 g/mol. The summed E-state index contributed by atoms with van der Waals surface area (Å²) in [5.74, 6) is 0.196. The van der Waals surface area contributed by atoms with Crippen molar-refractivity contribution in [1.82, 2.24) is 9.97 Å². The van der Waals surface area contributed by atoms with Crippen LogP contribution in [0, 0.1) is 0 Å². The van der Waals surface area contributed by atoms with Crippen LogP contribution >= 0.6 is 11.6 Å². The van der Waals surface area contributed by atoms with Crippen LogP contribution in [0.5, 0.6) is 0 Å². The lowest BCUT2D eigenvalue weighted by Gasteiger charge is -2.10. The summed E-state index contributed by atoms with van der Waals surface area (Å²) < 4.78 is 35.9. The topological polar surface area (TPSA) is 49.8 Å². The van der Waals surface area contributed by atoms with Gasteiger partial charge in [-0.3, -0.25) is 0 Å². The molecular formula is C8H10ClF3N4. The van der Waals surface area contributed by atoms with Crippen molar-refractivity contribution in [3.05, 3.63) is 11.2 Å². The molecule has 0 aliphatic carbocycles. The average Bonchev–Trinajstić information content (AvgIpc) is 2.18. The summed E-state index contributed by atoms with van der Waals surface area (Å²) in [4.78, 5) is 7.60. The Morgan fingerprint density at radius 3 is 2.62 bits per heavy atom. The highest BCUT2D eigenvalue weighted by atomic mass is 35.5. The van der Waals surface area contributed by atoms with E-state index in [2.05, 4.69) is 20.6 Å². The summed E-state index contributed by atoms with van der Waals surface area (Å²) in [7, 11) is 0. The minimum atomic E-state index is -4.31. The smallest absolute Gasteiger partial charge is 0.360 e. The fourth-order valence-corrected chi connectivity index (χ4v) is 1.08. The van der Waals surface area contributed by atoms with Gasteiger partial charge in [0.2, 0.25) is 5.95 Å². The molecule has 0 aromatic carbocycles. The number of anilines is 2.